The van der Waals surface area contributed by atoms with Gasteiger partial charge in [0, 0.05) is 18.2 Å². The number of nitrogens with one attached hydrogen (secondary N) is 2. The van der Waals surface area contributed by atoms with Crippen molar-refractivity contribution >= 4 is 55.1 Å². The number of amides is 1. The average Bonchev–Trinajstić information content (AvgIpc) is 3.53. The van der Waals surface area contributed by atoms with E-state index >= 15 is 0 Å². The van der Waals surface area contributed by atoms with Crippen LogP contribution < -0.4 is 10.0 Å². The van der Waals surface area contributed by atoms with Gasteiger partial charge in [0.05, 0.1) is 16.3 Å². The maximum atomic E-state index is 12.9. The lowest BCUT2D eigenvalue weighted by Gasteiger charge is -2.08. The third-order valence-corrected chi connectivity index (χ3v) is 8.65. The Morgan fingerprint density at radius 3 is 2.56 bits per heavy atom. The molecule has 0 aliphatic heterocycles. The summed E-state index contributed by atoms with van der Waals surface area (Å²) in [6, 6.07) is 14.5. The van der Waals surface area contributed by atoms with E-state index in [1.54, 1.807) is 47.0 Å². The van der Waals surface area contributed by atoms with Crippen LogP contribution in [0.3, 0.4) is 0 Å². The number of hydrogen-bond acceptors (Lipinski definition) is 9. The van der Waals surface area contributed by atoms with E-state index in [0.717, 1.165) is 21.8 Å². The van der Waals surface area contributed by atoms with Gasteiger partial charge in [0.2, 0.25) is 5.91 Å². The SMILES string of the molecule is CC(=O)Nc1nc(C)c(S(=O)(=O)Nc2ccc(-c3ccc4nnc(-c5cccs5)n4n3)cc2)s1. The number of aryl methyl sites for hydroxylation is 1. The lowest BCUT2D eigenvalue weighted by molar-refractivity contribution is -0.114. The summed E-state index contributed by atoms with van der Waals surface area (Å²) in [5, 5.41) is 17.8. The lowest BCUT2D eigenvalue weighted by atomic mass is 10.1. The Balaban J connectivity index is 1.40. The molecule has 13 heteroatoms. The predicted octanol–water partition coefficient (Wildman–Crippen LogP) is 4.04. The number of thiazole rings is 1. The number of sulfonamides is 1. The quantitative estimate of drug-likeness (QED) is 0.352. The zero-order chi connectivity index (χ0) is 23.9. The van der Waals surface area contributed by atoms with Crippen LogP contribution in [0, 0.1) is 6.92 Å². The Morgan fingerprint density at radius 2 is 1.85 bits per heavy atom. The van der Waals surface area contributed by atoms with Gasteiger partial charge in [0.15, 0.2) is 20.8 Å². The van der Waals surface area contributed by atoms with Gasteiger partial charge in [-0.3, -0.25) is 9.52 Å². The van der Waals surface area contributed by atoms with Crippen LogP contribution in [-0.4, -0.2) is 39.1 Å². The highest BCUT2D eigenvalue weighted by Gasteiger charge is 2.22. The van der Waals surface area contributed by atoms with E-state index in [0.29, 0.717) is 28.5 Å². The number of fused-ring (bicyclic) bond motifs is 1. The molecule has 172 valence electrons. The zero-order valence-electron chi connectivity index (χ0n) is 17.9. The van der Waals surface area contributed by atoms with Crippen molar-refractivity contribution in [3.63, 3.8) is 0 Å². The van der Waals surface area contributed by atoms with Crippen LogP contribution in [0.2, 0.25) is 0 Å². The highest BCUT2D eigenvalue weighted by molar-refractivity contribution is 7.94. The standard InChI is InChI=1S/C21H17N7O3S3/c1-12-20(33-21(22-12)23-13(2)29)34(30,31)27-15-7-5-14(6-8-15)16-9-10-18-24-25-19(28(18)26-16)17-4-3-11-32-17/h3-11,27H,1-2H3,(H,22,23,29). The van der Waals surface area contributed by atoms with Gasteiger partial charge in [-0.05, 0) is 42.6 Å². The van der Waals surface area contributed by atoms with E-state index in [9.17, 15) is 13.2 Å². The van der Waals surface area contributed by atoms with Crippen LogP contribution >= 0.6 is 22.7 Å². The Morgan fingerprint density at radius 1 is 1.06 bits per heavy atom. The minimum atomic E-state index is -3.87. The minimum Gasteiger partial charge on any atom is -0.302 e. The highest BCUT2D eigenvalue weighted by Crippen LogP contribution is 2.30. The summed E-state index contributed by atoms with van der Waals surface area (Å²) in [4.78, 5) is 16.3. The van der Waals surface area contributed by atoms with Gasteiger partial charge in [-0.15, -0.1) is 21.5 Å². The van der Waals surface area contributed by atoms with E-state index in [1.165, 1.54) is 6.92 Å². The number of thiophene rings is 1. The second-order valence-corrected chi connectivity index (χ2v) is 11.1. The van der Waals surface area contributed by atoms with Crippen LogP contribution in [0.25, 0.3) is 27.6 Å². The molecule has 5 rings (SSSR count). The van der Waals surface area contributed by atoms with E-state index in [4.69, 9.17) is 0 Å². The number of rotatable bonds is 6. The van der Waals surface area contributed by atoms with E-state index in [2.05, 4.69) is 30.3 Å². The first-order valence-corrected chi connectivity index (χ1v) is 13.1. The Hall–Kier alpha value is -3.68. The van der Waals surface area contributed by atoms with Gasteiger partial charge in [-0.25, -0.2) is 13.4 Å². The predicted molar refractivity (Wildman–Crippen MR) is 131 cm³/mol. The summed E-state index contributed by atoms with van der Waals surface area (Å²) >= 11 is 2.45. The molecule has 0 saturated heterocycles. The van der Waals surface area contributed by atoms with Crippen LogP contribution in [0.5, 0.6) is 0 Å². The second-order valence-electron chi connectivity index (χ2n) is 7.25. The van der Waals surface area contributed by atoms with Crippen LogP contribution in [0.15, 0.2) is 58.1 Å². The molecule has 0 spiro atoms. The molecule has 0 bridgehead atoms. The van der Waals surface area contributed by atoms with Crippen molar-refractivity contribution in [3.8, 4) is 22.0 Å². The molecule has 0 radical (unpaired) electrons. The monoisotopic (exact) mass is 511 g/mol. The van der Waals surface area contributed by atoms with Crippen molar-refractivity contribution in [2.24, 2.45) is 0 Å². The van der Waals surface area contributed by atoms with Gasteiger partial charge < -0.3 is 5.32 Å². The first-order valence-electron chi connectivity index (χ1n) is 9.95. The molecule has 10 nitrogen and oxygen atoms in total. The Bertz CT molecular complexity index is 1610. The molecule has 1 amide bonds. The van der Waals surface area contributed by atoms with Crippen LogP contribution in [0.4, 0.5) is 10.8 Å². The summed E-state index contributed by atoms with van der Waals surface area (Å²) in [5.41, 5.74) is 2.83. The van der Waals surface area contributed by atoms with Gasteiger partial charge in [0.25, 0.3) is 10.0 Å². The molecule has 0 unspecified atom stereocenters. The molecular formula is C21H17N7O3S3. The number of carbonyl (C=O) groups is 1. The summed E-state index contributed by atoms with van der Waals surface area (Å²) < 4.78 is 30.0. The topological polar surface area (TPSA) is 131 Å². The maximum Gasteiger partial charge on any atom is 0.273 e. The first-order chi connectivity index (χ1) is 16.3. The van der Waals surface area contributed by atoms with Crippen LogP contribution in [0.1, 0.15) is 12.6 Å². The van der Waals surface area contributed by atoms with Crippen molar-refractivity contribution in [2.75, 3.05) is 10.0 Å². The molecule has 2 N–H and O–H groups in total. The fourth-order valence-electron chi connectivity index (χ4n) is 3.25. The van der Waals surface area contributed by atoms with Crippen molar-refractivity contribution in [3.05, 3.63) is 59.6 Å². The Labute approximate surface area is 202 Å². The fourth-order valence-corrected chi connectivity index (χ4v) is 6.46. The average molecular weight is 512 g/mol. The molecule has 5 aromatic rings. The molecule has 4 heterocycles. The number of hydrogen-bond donors (Lipinski definition) is 2. The molecule has 0 aliphatic rings. The summed E-state index contributed by atoms with van der Waals surface area (Å²) in [6.07, 6.45) is 0. The largest absolute Gasteiger partial charge is 0.302 e. The summed E-state index contributed by atoms with van der Waals surface area (Å²) in [5.74, 6) is 0.344. The number of benzene rings is 1. The van der Waals surface area contributed by atoms with E-state index in [1.807, 2.05) is 29.6 Å². The number of anilines is 2. The number of aromatic nitrogens is 5. The van der Waals surface area contributed by atoms with E-state index < -0.39 is 10.0 Å². The van der Waals surface area contributed by atoms with Crippen molar-refractivity contribution in [1.82, 2.24) is 24.8 Å². The highest BCUT2D eigenvalue weighted by atomic mass is 32.2. The van der Waals surface area contributed by atoms with Crippen molar-refractivity contribution in [1.29, 1.82) is 0 Å². The fraction of sp³-hybridized carbons (Fsp3) is 0.0952. The molecule has 34 heavy (non-hydrogen) atoms. The number of nitrogens with zero attached hydrogens (tertiary/aromatic N) is 5. The maximum absolute atomic E-state index is 12.9. The normalized spacial score (nSPS) is 11.6. The smallest absolute Gasteiger partial charge is 0.273 e. The number of carbonyl (C=O) groups excluding carboxylic acids is 1. The van der Waals surface area contributed by atoms with Gasteiger partial charge in [-0.1, -0.05) is 29.5 Å². The van der Waals surface area contributed by atoms with Gasteiger partial charge in [0.1, 0.15) is 0 Å². The van der Waals surface area contributed by atoms with Gasteiger partial charge in [-0.2, -0.15) is 9.61 Å². The van der Waals surface area contributed by atoms with Crippen LogP contribution in [-0.2, 0) is 14.8 Å². The molecule has 0 atom stereocenters. The lowest BCUT2D eigenvalue weighted by Crippen LogP contribution is -2.12. The molecule has 0 saturated carbocycles. The Kier molecular flexibility index (Phi) is 5.59. The molecule has 1 aromatic carbocycles. The summed E-state index contributed by atoms with van der Waals surface area (Å²) in [7, 11) is -3.87. The van der Waals surface area contributed by atoms with Gasteiger partial charge >= 0.3 is 0 Å². The van der Waals surface area contributed by atoms with Crippen molar-refractivity contribution in [2.45, 2.75) is 18.1 Å². The molecule has 4 aromatic heterocycles. The third-order valence-electron chi connectivity index (χ3n) is 4.72. The second kappa shape index (κ2) is 8.59. The zero-order valence-corrected chi connectivity index (χ0v) is 20.3. The minimum absolute atomic E-state index is 0.0427. The summed E-state index contributed by atoms with van der Waals surface area (Å²) in [6.45, 7) is 2.92. The molecule has 0 fully saturated rings. The molecular weight excluding hydrogens is 494 g/mol. The van der Waals surface area contributed by atoms with Crippen molar-refractivity contribution < 1.29 is 13.2 Å². The molecule has 0 aliphatic carbocycles. The first kappa shape index (κ1) is 22.1. The third kappa shape index (κ3) is 4.27. The van der Waals surface area contributed by atoms with E-state index in [-0.39, 0.29) is 15.2 Å².